The predicted octanol–water partition coefficient (Wildman–Crippen LogP) is 1.78. The third kappa shape index (κ3) is 3.07. The highest BCUT2D eigenvalue weighted by molar-refractivity contribution is 7.99. The molecule has 2 aromatic heterocycles. The van der Waals surface area contributed by atoms with Crippen LogP contribution in [0.4, 0.5) is 5.82 Å². The smallest absolute Gasteiger partial charge is 0.216 e. The van der Waals surface area contributed by atoms with E-state index in [-0.39, 0.29) is 0 Å². The van der Waals surface area contributed by atoms with Gasteiger partial charge in [0.15, 0.2) is 16.6 Å². The van der Waals surface area contributed by atoms with Crippen LogP contribution in [-0.4, -0.2) is 43.8 Å². The zero-order chi connectivity index (χ0) is 14.7. The second-order valence-electron chi connectivity index (χ2n) is 4.73. The summed E-state index contributed by atoms with van der Waals surface area (Å²) >= 11 is 1.40. The van der Waals surface area contributed by atoms with Crippen molar-refractivity contribution in [2.75, 3.05) is 19.0 Å². The number of anilines is 1. The molecule has 0 radical (unpaired) electrons. The summed E-state index contributed by atoms with van der Waals surface area (Å²) in [6.45, 7) is 2.93. The first-order chi connectivity index (χ1) is 10.3. The minimum Gasteiger partial charge on any atom is -0.490 e. The summed E-state index contributed by atoms with van der Waals surface area (Å²) < 4.78 is 7.30. The van der Waals surface area contributed by atoms with E-state index in [0.29, 0.717) is 22.6 Å². The lowest BCUT2D eigenvalue weighted by Gasteiger charge is -2.11. The minimum absolute atomic E-state index is 0.424. The van der Waals surface area contributed by atoms with E-state index < -0.39 is 0 Å². The molecule has 0 unspecified atom stereocenters. The molecular formula is C12H17N7OS. The highest BCUT2D eigenvalue weighted by Gasteiger charge is 2.29. The van der Waals surface area contributed by atoms with Crippen molar-refractivity contribution in [3.8, 4) is 5.75 Å². The quantitative estimate of drug-likeness (QED) is 0.774. The van der Waals surface area contributed by atoms with Gasteiger partial charge in [-0.05, 0) is 41.5 Å². The average molecular weight is 307 g/mol. The van der Waals surface area contributed by atoms with E-state index in [2.05, 4.69) is 37.7 Å². The molecule has 0 atom stereocenters. The molecule has 1 saturated carbocycles. The second kappa shape index (κ2) is 6.25. The molecule has 2 heterocycles. The molecule has 21 heavy (non-hydrogen) atoms. The van der Waals surface area contributed by atoms with Crippen LogP contribution in [0.2, 0.25) is 0 Å². The van der Waals surface area contributed by atoms with Crippen LogP contribution >= 0.6 is 11.8 Å². The summed E-state index contributed by atoms with van der Waals surface area (Å²) in [5, 5.41) is 16.5. The van der Waals surface area contributed by atoms with Crippen molar-refractivity contribution in [1.29, 1.82) is 0 Å². The minimum atomic E-state index is 0.424. The highest BCUT2D eigenvalue weighted by Crippen LogP contribution is 2.40. The second-order valence-corrected chi connectivity index (χ2v) is 5.68. The van der Waals surface area contributed by atoms with Gasteiger partial charge in [0.2, 0.25) is 5.16 Å². The van der Waals surface area contributed by atoms with E-state index in [1.165, 1.54) is 18.1 Å². The molecule has 1 N–H and O–H groups in total. The monoisotopic (exact) mass is 307 g/mol. The molecule has 2 aromatic rings. The van der Waals surface area contributed by atoms with Gasteiger partial charge in [-0.15, -0.1) is 5.10 Å². The Balaban J connectivity index is 1.85. The molecule has 1 aliphatic rings. The van der Waals surface area contributed by atoms with Crippen LogP contribution in [0.5, 0.6) is 5.75 Å². The van der Waals surface area contributed by atoms with E-state index in [9.17, 15) is 0 Å². The van der Waals surface area contributed by atoms with Crippen molar-refractivity contribution in [1.82, 2.24) is 30.2 Å². The van der Waals surface area contributed by atoms with Gasteiger partial charge in [-0.25, -0.2) is 14.6 Å². The van der Waals surface area contributed by atoms with Gasteiger partial charge < -0.3 is 10.1 Å². The first kappa shape index (κ1) is 14.1. The number of tetrazole rings is 1. The molecule has 0 bridgehead atoms. The molecule has 9 heteroatoms. The Morgan fingerprint density at radius 1 is 1.43 bits per heavy atom. The fourth-order valence-electron chi connectivity index (χ4n) is 1.87. The highest BCUT2D eigenvalue weighted by atomic mass is 32.2. The van der Waals surface area contributed by atoms with Gasteiger partial charge in [-0.1, -0.05) is 6.92 Å². The molecule has 1 aliphatic carbocycles. The molecule has 8 nitrogen and oxygen atoms in total. The maximum Gasteiger partial charge on any atom is 0.216 e. The van der Waals surface area contributed by atoms with Gasteiger partial charge in [-0.2, -0.15) is 0 Å². The Morgan fingerprint density at radius 3 is 3.00 bits per heavy atom. The number of methoxy groups -OCH3 is 1. The van der Waals surface area contributed by atoms with Crippen LogP contribution in [0.1, 0.15) is 32.2 Å². The van der Waals surface area contributed by atoms with Crippen LogP contribution < -0.4 is 10.1 Å². The third-order valence-electron chi connectivity index (χ3n) is 3.06. The van der Waals surface area contributed by atoms with Crippen LogP contribution in [-0.2, 0) is 0 Å². The van der Waals surface area contributed by atoms with E-state index in [4.69, 9.17) is 4.74 Å². The third-order valence-corrected chi connectivity index (χ3v) is 4.00. The van der Waals surface area contributed by atoms with Crippen LogP contribution in [0.3, 0.4) is 0 Å². The van der Waals surface area contributed by atoms with E-state index >= 15 is 0 Å². The molecule has 0 aromatic carbocycles. The standard InChI is InChI=1S/C12H17N7OS/c1-3-6-13-10-9(20-2)11(15-7-14-10)21-12-16-17-18-19(12)8-4-5-8/h7-8H,3-6H2,1-2H3,(H,13,14,15). The lowest BCUT2D eigenvalue weighted by atomic mass is 10.4. The summed E-state index contributed by atoms with van der Waals surface area (Å²) in [7, 11) is 1.61. The fraction of sp³-hybridized carbons (Fsp3) is 0.583. The number of hydrogen-bond donors (Lipinski definition) is 1. The van der Waals surface area contributed by atoms with Crippen molar-refractivity contribution in [3.63, 3.8) is 0 Å². The summed E-state index contributed by atoms with van der Waals surface area (Å²) in [5.74, 6) is 1.32. The zero-order valence-corrected chi connectivity index (χ0v) is 12.8. The van der Waals surface area contributed by atoms with Gasteiger partial charge in [0.05, 0.1) is 13.2 Å². The Hall–Kier alpha value is -1.90. The lowest BCUT2D eigenvalue weighted by Crippen LogP contribution is -2.06. The SMILES string of the molecule is CCCNc1ncnc(Sc2nnnn2C2CC2)c1OC. The first-order valence-corrected chi connectivity index (χ1v) is 7.73. The Bertz CT molecular complexity index is 613. The van der Waals surface area contributed by atoms with Gasteiger partial charge >= 0.3 is 0 Å². The summed E-state index contributed by atoms with van der Waals surface area (Å²) in [6.07, 6.45) is 4.79. The van der Waals surface area contributed by atoms with Gasteiger partial charge in [0.1, 0.15) is 6.33 Å². The molecule has 112 valence electrons. The Kier molecular flexibility index (Phi) is 4.18. The fourth-order valence-corrected chi connectivity index (χ4v) is 2.77. The van der Waals surface area contributed by atoms with Crippen molar-refractivity contribution in [2.45, 2.75) is 42.4 Å². The molecular weight excluding hydrogens is 290 g/mol. The Labute approximate surface area is 126 Å². The topological polar surface area (TPSA) is 90.6 Å². The molecule has 0 amide bonds. The Morgan fingerprint density at radius 2 is 2.29 bits per heavy atom. The van der Waals surface area contributed by atoms with Crippen molar-refractivity contribution in [3.05, 3.63) is 6.33 Å². The largest absolute Gasteiger partial charge is 0.490 e. The van der Waals surface area contributed by atoms with Gasteiger partial charge in [0, 0.05) is 6.54 Å². The number of aromatic nitrogens is 6. The van der Waals surface area contributed by atoms with Crippen molar-refractivity contribution < 1.29 is 4.74 Å². The van der Waals surface area contributed by atoms with E-state index in [1.807, 2.05) is 4.68 Å². The summed E-state index contributed by atoms with van der Waals surface area (Å²) in [4.78, 5) is 8.52. The van der Waals surface area contributed by atoms with Gasteiger partial charge in [0.25, 0.3) is 0 Å². The van der Waals surface area contributed by atoms with Gasteiger partial charge in [-0.3, -0.25) is 0 Å². The predicted molar refractivity (Wildman–Crippen MR) is 77.6 cm³/mol. The zero-order valence-electron chi connectivity index (χ0n) is 12.0. The van der Waals surface area contributed by atoms with Crippen molar-refractivity contribution in [2.24, 2.45) is 0 Å². The number of nitrogens with zero attached hydrogens (tertiary/aromatic N) is 6. The number of hydrogen-bond acceptors (Lipinski definition) is 8. The molecule has 0 aliphatic heterocycles. The maximum absolute atomic E-state index is 5.45. The van der Waals surface area contributed by atoms with E-state index in [0.717, 1.165) is 31.0 Å². The number of ether oxygens (including phenoxy) is 1. The van der Waals surface area contributed by atoms with Crippen LogP contribution in [0, 0.1) is 0 Å². The molecule has 0 saturated heterocycles. The van der Waals surface area contributed by atoms with Crippen LogP contribution in [0.25, 0.3) is 0 Å². The lowest BCUT2D eigenvalue weighted by molar-refractivity contribution is 0.400. The first-order valence-electron chi connectivity index (χ1n) is 6.92. The number of nitrogens with one attached hydrogen (secondary N) is 1. The van der Waals surface area contributed by atoms with E-state index in [1.54, 1.807) is 7.11 Å². The maximum atomic E-state index is 5.45. The van der Waals surface area contributed by atoms with Crippen molar-refractivity contribution >= 4 is 17.6 Å². The van der Waals surface area contributed by atoms with Crippen LogP contribution in [0.15, 0.2) is 16.5 Å². The molecule has 0 spiro atoms. The molecule has 1 fully saturated rings. The number of rotatable bonds is 7. The average Bonchev–Trinajstić information content (AvgIpc) is 3.25. The normalized spacial score (nSPS) is 14.2. The summed E-state index contributed by atoms with van der Waals surface area (Å²) in [6, 6.07) is 0.424. The molecule has 3 rings (SSSR count). The summed E-state index contributed by atoms with van der Waals surface area (Å²) in [5.41, 5.74) is 0.